The molecule has 20 heavy (non-hydrogen) atoms. The second kappa shape index (κ2) is 6.55. The lowest BCUT2D eigenvalue weighted by molar-refractivity contribution is -0.125. The molecule has 3 nitrogen and oxygen atoms in total. The van der Waals surface area contributed by atoms with Gasteiger partial charge in [-0.1, -0.05) is 12.1 Å². The van der Waals surface area contributed by atoms with Gasteiger partial charge in [-0.25, -0.2) is 4.39 Å². The maximum Gasteiger partial charge on any atom is 0.230 e. The molecule has 0 heterocycles. The average molecular weight is 301 g/mol. The summed E-state index contributed by atoms with van der Waals surface area (Å²) in [5.41, 5.74) is 5.87. The summed E-state index contributed by atoms with van der Waals surface area (Å²) in [5.74, 6) is 0.111. The average Bonchev–Trinajstić information content (AvgIpc) is 3.19. The summed E-state index contributed by atoms with van der Waals surface area (Å²) in [6.45, 7) is 4.07. The third kappa shape index (κ3) is 3.93. The largest absolute Gasteiger partial charge is 0.354 e. The van der Waals surface area contributed by atoms with Gasteiger partial charge in [-0.15, -0.1) is 12.4 Å². The minimum absolute atomic E-state index is 0. The quantitative estimate of drug-likeness (QED) is 0.877. The van der Waals surface area contributed by atoms with Crippen LogP contribution in [-0.4, -0.2) is 18.5 Å². The Hall–Kier alpha value is -1.13. The van der Waals surface area contributed by atoms with Gasteiger partial charge in [0, 0.05) is 12.6 Å². The second-order valence-corrected chi connectivity index (χ2v) is 5.85. The van der Waals surface area contributed by atoms with Crippen molar-refractivity contribution in [2.75, 3.05) is 6.54 Å². The van der Waals surface area contributed by atoms with Crippen molar-refractivity contribution in [1.29, 1.82) is 0 Å². The molecule has 1 unspecified atom stereocenters. The summed E-state index contributed by atoms with van der Waals surface area (Å²) < 4.78 is 13.2. The fourth-order valence-corrected chi connectivity index (χ4v) is 2.13. The zero-order chi connectivity index (χ0) is 14.0. The molecule has 0 saturated heterocycles. The van der Waals surface area contributed by atoms with Gasteiger partial charge in [0.25, 0.3) is 0 Å². The predicted octanol–water partition coefficient (Wildman–Crippen LogP) is 2.38. The van der Waals surface area contributed by atoms with E-state index in [4.69, 9.17) is 5.73 Å². The summed E-state index contributed by atoms with van der Waals surface area (Å²) in [7, 11) is 0. The molecule has 0 bridgehead atoms. The van der Waals surface area contributed by atoms with Gasteiger partial charge < -0.3 is 11.1 Å². The van der Waals surface area contributed by atoms with Crippen molar-refractivity contribution in [2.24, 2.45) is 11.7 Å². The normalized spacial score (nSPS) is 16.2. The summed E-state index contributed by atoms with van der Waals surface area (Å²) in [5, 5.41) is 2.88. The topological polar surface area (TPSA) is 55.1 Å². The molecule has 0 aromatic heterocycles. The van der Waals surface area contributed by atoms with E-state index in [-0.39, 0.29) is 30.2 Å². The van der Waals surface area contributed by atoms with Crippen molar-refractivity contribution < 1.29 is 9.18 Å². The Morgan fingerprint density at radius 1 is 1.50 bits per heavy atom. The number of amides is 1. The number of nitrogens with two attached hydrogens (primary N) is 1. The van der Waals surface area contributed by atoms with E-state index in [1.165, 1.54) is 12.1 Å². The number of hydrogen-bond donors (Lipinski definition) is 2. The van der Waals surface area contributed by atoms with Gasteiger partial charge in [-0.05, 0) is 50.3 Å². The van der Waals surface area contributed by atoms with Crippen LogP contribution in [0.5, 0.6) is 0 Å². The van der Waals surface area contributed by atoms with Crippen LogP contribution in [0.4, 0.5) is 4.39 Å². The summed E-state index contributed by atoms with van der Waals surface area (Å²) in [6, 6.07) is 6.20. The van der Waals surface area contributed by atoms with Crippen LogP contribution in [0, 0.1) is 11.7 Å². The monoisotopic (exact) mass is 300 g/mol. The smallest absolute Gasteiger partial charge is 0.230 e. The lowest BCUT2D eigenvalue weighted by Crippen LogP contribution is -2.45. The third-order valence-electron chi connectivity index (χ3n) is 3.84. The molecule has 1 aliphatic carbocycles. The molecule has 3 N–H and O–H groups in total. The van der Waals surface area contributed by atoms with E-state index in [1.807, 2.05) is 0 Å². The molecule has 1 amide bonds. The maximum absolute atomic E-state index is 13.2. The molecule has 112 valence electrons. The first-order valence-corrected chi connectivity index (χ1v) is 6.71. The fourth-order valence-electron chi connectivity index (χ4n) is 2.13. The first-order valence-electron chi connectivity index (χ1n) is 6.71. The lowest BCUT2D eigenvalue weighted by Gasteiger charge is -2.25. The molecule has 1 saturated carbocycles. The molecule has 2 rings (SSSR count). The zero-order valence-electron chi connectivity index (χ0n) is 11.9. The molecule has 0 aliphatic heterocycles. The molecule has 1 aromatic carbocycles. The lowest BCUT2D eigenvalue weighted by atomic mass is 9.83. The van der Waals surface area contributed by atoms with Crippen LogP contribution in [0.2, 0.25) is 0 Å². The van der Waals surface area contributed by atoms with E-state index in [9.17, 15) is 9.18 Å². The minimum atomic E-state index is -0.759. The number of carbonyl (C=O) groups is 1. The van der Waals surface area contributed by atoms with Gasteiger partial charge in [-0.3, -0.25) is 4.79 Å². The predicted molar refractivity (Wildman–Crippen MR) is 80.4 cm³/mol. The van der Waals surface area contributed by atoms with E-state index in [0.717, 1.165) is 12.8 Å². The number of carbonyl (C=O) groups excluding carboxylic acids is 1. The molecule has 1 aliphatic rings. The summed E-state index contributed by atoms with van der Waals surface area (Å²) in [4.78, 5) is 12.2. The highest BCUT2D eigenvalue weighted by Gasteiger charge is 2.32. The maximum atomic E-state index is 13.2. The highest BCUT2D eigenvalue weighted by Crippen LogP contribution is 2.31. The molecule has 1 aromatic rings. The van der Waals surface area contributed by atoms with Crippen molar-refractivity contribution in [3.8, 4) is 0 Å². The van der Waals surface area contributed by atoms with E-state index in [1.54, 1.807) is 26.0 Å². The molecule has 5 heteroatoms. The number of benzene rings is 1. The van der Waals surface area contributed by atoms with Crippen LogP contribution in [0.1, 0.15) is 32.3 Å². The Bertz CT molecular complexity index is 475. The third-order valence-corrected chi connectivity index (χ3v) is 3.84. The number of nitrogens with one attached hydrogen (secondary N) is 1. The van der Waals surface area contributed by atoms with Crippen molar-refractivity contribution in [1.82, 2.24) is 5.32 Å². The van der Waals surface area contributed by atoms with E-state index in [0.29, 0.717) is 18.0 Å². The number of rotatable bonds is 5. The molecular weight excluding hydrogens is 279 g/mol. The van der Waals surface area contributed by atoms with Gasteiger partial charge >= 0.3 is 0 Å². The molecular formula is C15H22ClFN2O. The Morgan fingerprint density at radius 3 is 2.70 bits per heavy atom. The highest BCUT2D eigenvalue weighted by atomic mass is 35.5. The Morgan fingerprint density at radius 2 is 2.15 bits per heavy atom. The number of hydrogen-bond acceptors (Lipinski definition) is 2. The van der Waals surface area contributed by atoms with Crippen LogP contribution in [0.3, 0.4) is 0 Å². The van der Waals surface area contributed by atoms with Crippen LogP contribution < -0.4 is 11.1 Å². The Labute approximate surface area is 125 Å². The van der Waals surface area contributed by atoms with E-state index >= 15 is 0 Å². The summed E-state index contributed by atoms with van der Waals surface area (Å²) >= 11 is 0. The Kier molecular flexibility index (Phi) is 5.54. The van der Waals surface area contributed by atoms with Gasteiger partial charge in [0.15, 0.2) is 0 Å². The van der Waals surface area contributed by atoms with E-state index < -0.39 is 5.41 Å². The van der Waals surface area contributed by atoms with Crippen molar-refractivity contribution in [3.63, 3.8) is 0 Å². The standard InChI is InChI=1S/C15H21FN2O.ClH/c1-15(2,11-4-3-5-12(16)8-11)14(19)18-9-13(17)10-6-7-10;/h3-5,8,10,13H,6-7,9,17H2,1-2H3,(H,18,19);1H. The first kappa shape index (κ1) is 16.9. The molecule has 1 fully saturated rings. The van der Waals surface area contributed by atoms with Crippen LogP contribution in [-0.2, 0) is 10.2 Å². The second-order valence-electron chi connectivity index (χ2n) is 5.85. The molecule has 1 atom stereocenters. The van der Waals surface area contributed by atoms with Crippen LogP contribution >= 0.6 is 12.4 Å². The zero-order valence-corrected chi connectivity index (χ0v) is 12.7. The van der Waals surface area contributed by atoms with E-state index in [2.05, 4.69) is 5.32 Å². The number of halogens is 2. The van der Waals surface area contributed by atoms with Gasteiger partial charge in [0.05, 0.1) is 5.41 Å². The first-order chi connectivity index (χ1) is 8.91. The van der Waals surface area contributed by atoms with Gasteiger partial charge in [0.2, 0.25) is 5.91 Å². The fraction of sp³-hybridized carbons (Fsp3) is 0.533. The molecule has 0 radical (unpaired) electrons. The highest BCUT2D eigenvalue weighted by molar-refractivity contribution is 5.87. The van der Waals surface area contributed by atoms with Crippen molar-refractivity contribution in [2.45, 2.75) is 38.1 Å². The summed E-state index contributed by atoms with van der Waals surface area (Å²) in [6.07, 6.45) is 2.31. The van der Waals surface area contributed by atoms with Gasteiger partial charge in [-0.2, -0.15) is 0 Å². The van der Waals surface area contributed by atoms with Crippen LogP contribution in [0.15, 0.2) is 24.3 Å². The van der Waals surface area contributed by atoms with Crippen LogP contribution in [0.25, 0.3) is 0 Å². The Balaban J connectivity index is 0.00000200. The SMILES string of the molecule is CC(C)(C(=O)NCC(N)C1CC1)c1cccc(F)c1.Cl. The molecule has 0 spiro atoms. The minimum Gasteiger partial charge on any atom is -0.354 e. The van der Waals surface area contributed by atoms with Gasteiger partial charge in [0.1, 0.15) is 5.82 Å². The van der Waals surface area contributed by atoms with Crippen molar-refractivity contribution in [3.05, 3.63) is 35.6 Å². The van der Waals surface area contributed by atoms with Crippen molar-refractivity contribution >= 4 is 18.3 Å².